The number of hydrogen-bond acceptors (Lipinski definition) is 6. The maximum Gasteiger partial charge on any atom is 0.229 e. The fourth-order valence-corrected chi connectivity index (χ4v) is 3.78. The van der Waals surface area contributed by atoms with Gasteiger partial charge in [-0.15, -0.1) is 0 Å². The monoisotopic (exact) mass is 471 g/mol. The number of methoxy groups -OCH3 is 2. The fraction of sp³-hybridized carbons (Fsp3) is 0.409. The molecule has 1 aromatic carbocycles. The van der Waals surface area contributed by atoms with Crippen molar-refractivity contribution < 1.29 is 14.3 Å². The third-order valence-electron chi connectivity index (χ3n) is 5.26. The summed E-state index contributed by atoms with van der Waals surface area (Å²) in [4.78, 5) is 27.1. The number of aliphatic imine (C=N–C) groups is 1. The van der Waals surface area contributed by atoms with Crippen molar-refractivity contribution in [3.8, 4) is 11.5 Å². The number of benzene rings is 1. The van der Waals surface area contributed by atoms with Crippen LogP contribution in [0.3, 0.4) is 0 Å². The Morgan fingerprint density at radius 1 is 1.12 bits per heavy atom. The van der Waals surface area contributed by atoms with E-state index in [-0.39, 0.29) is 16.9 Å². The molecule has 1 saturated heterocycles. The highest BCUT2D eigenvalue weighted by Crippen LogP contribution is 2.29. The lowest BCUT2D eigenvalue weighted by molar-refractivity contribution is -0.122. The molecular formula is C22H29N7O3S. The lowest BCUT2D eigenvalue weighted by Crippen LogP contribution is -2.45. The molecule has 33 heavy (non-hydrogen) atoms. The first kappa shape index (κ1) is 24.2. The van der Waals surface area contributed by atoms with Crippen LogP contribution in [-0.4, -0.2) is 59.2 Å². The summed E-state index contributed by atoms with van der Waals surface area (Å²) in [5.74, 6) is 1.74. The highest BCUT2D eigenvalue weighted by atomic mass is 32.1. The van der Waals surface area contributed by atoms with Crippen molar-refractivity contribution >= 4 is 40.8 Å². The molecule has 1 amide bonds. The highest BCUT2D eigenvalue weighted by Gasteiger charge is 2.26. The van der Waals surface area contributed by atoms with Gasteiger partial charge in [-0.1, -0.05) is 0 Å². The van der Waals surface area contributed by atoms with E-state index in [1.807, 2.05) is 24.8 Å². The number of nitrogens with one attached hydrogen (secondary N) is 2. The summed E-state index contributed by atoms with van der Waals surface area (Å²) in [6.45, 7) is 4.98. The minimum Gasteiger partial charge on any atom is -0.497 e. The van der Waals surface area contributed by atoms with Crippen LogP contribution in [0.5, 0.6) is 11.5 Å². The molecular weight excluding hydrogens is 442 g/mol. The van der Waals surface area contributed by atoms with Crippen molar-refractivity contribution in [1.82, 2.24) is 14.9 Å². The van der Waals surface area contributed by atoms with Gasteiger partial charge in [0.2, 0.25) is 22.9 Å². The summed E-state index contributed by atoms with van der Waals surface area (Å²) in [6.07, 6.45) is 1.27. The molecule has 0 atom stereocenters. The van der Waals surface area contributed by atoms with Crippen LogP contribution in [0.4, 0.5) is 11.6 Å². The minimum absolute atomic E-state index is 0.147. The molecule has 0 spiro atoms. The number of thiocarbonyl (C=S) groups is 1. The number of hydrogen-bond donors (Lipinski definition) is 3. The second kappa shape index (κ2) is 10.9. The minimum atomic E-state index is -0.277. The average molecular weight is 472 g/mol. The van der Waals surface area contributed by atoms with E-state index >= 15 is 0 Å². The number of nitrogens with zero attached hydrogens (tertiary/aromatic N) is 4. The Bertz CT molecular complexity index is 1030. The van der Waals surface area contributed by atoms with Crippen molar-refractivity contribution in [3.05, 3.63) is 35.7 Å². The number of carbonyl (C=O) groups is 1. The molecule has 3 rings (SSSR count). The Balaban J connectivity index is 1.86. The molecule has 0 radical (unpaired) electrons. The van der Waals surface area contributed by atoms with Crippen LogP contribution in [-0.2, 0) is 4.79 Å². The van der Waals surface area contributed by atoms with Crippen LogP contribution in [0, 0.1) is 19.8 Å². The summed E-state index contributed by atoms with van der Waals surface area (Å²) in [5.41, 5.74) is 7.78. The topological polar surface area (TPSA) is 127 Å². The number of guanidine groups is 1. The number of amides is 1. The van der Waals surface area contributed by atoms with Gasteiger partial charge in [0, 0.05) is 36.5 Å². The zero-order chi connectivity index (χ0) is 24.0. The molecule has 0 unspecified atom stereocenters. The molecule has 2 heterocycles. The van der Waals surface area contributed by atoms with Gasteiger partial charge in [0.05, 0.1) is 19.9 Å². The number of aryl methyl sites for hydroxylation is 2. The van der Waals surface area contributed by atoms with Crippen LogP contribution in [0.15, 0.2) is 29.3 Å². The Morgan fingerprint density at radius 3 is 2.36 bits per heavy atom. The molecule has 11 heteroatoms. The lowest BCUT2D eigenvalue weighted by Gasteiger charge is -2.32. The number of ether oxygens (including phenoxy) is 2. The van der Waals surface area contributed by atoms with E-state index in [4.69, 9.17) is 27.4 Å². The number of primary amides is 1. The zero-order valence-corrected chi connectivity index (χ0v) is 20.0. The molecule has 176 valence electrons. The van der Waals surface area contributed by atoms with E-state index in [9.17, 15) is 4.79 Å². The largest absolute Gasteiger partial charge is 0.497 e. The second-order valence-corrected chi connectivity index (χ2v) is 8.08. The molecule has 1 aromatic heterocycles. The Hall–Kier alpha value is -3.47. The molecule has 0 bridgehead atoms. The number of rotatable bonds is 5. The van der Waals surface area contributed by atoms with Gasteiger partial charge in [0.15, 0.2) is 0 Å². The third-order valence-corrected chi connectivity index (χ3v) is 5.45. The fourth-order valence-electron chi connectivity index (χ4n) is 3.59. The van der Waals surface area contributed by atoms with Crippen LogP contribution in [0.2, 0.25) is 0 Å². The maximum atomic E-state index is 11.6. The predicted octanol–water partition coefficient (Wildman–Crippen LogP) is 2.47. The Morgan fingerprint density at radius 2 is 1.79 bits per heavy atom. The predicted molar refractivity (Wildman–Crippen MR) is 132 cm³/mol. The lowest BCUT2D eigenvalue weighted by atomic mass is 9.96. The van der Waals surface area contributed by atoms with Gasteiger partial charge in [-0.25, -0.2) is 9.97 Å². The molecule has 1 aliphatic heterocycles. The smallest absolute Gasteiger partial charge is 0.229 e. The van der Waals surface area contributed by atoms with Gasteiger partial charge in [0.1, 0.15) is 11.5 Å². The van der Waals surface area contributed by atoms with Crippen molar-refractivity contribution in [2.45, 2.75) is 26.7 Å². The van der Waals surface area contributed by atoms with Crippen LogP contribution >= 0.6 is 12.2 Å². The Labute approximate surface area is 198 Å². The van der Waals surface area contributed by atoms with E-state index in [0.29, 0.717) is 55.0 Å². The molecule has 2 aromatic rings. The van der Waals surface area contributed by atoms with E-state index in [2.05, 4.69) is 25.6 Å². The average Bonchev–Trinajstić information content (AvgIpc) is 2.78. The van der Waals surface area contributed by atoms with Crippen LogP contribution < -0.4 is 25.8 Å². The standard InChI is InChI=1S/C22H29N7O3S/c1-13-11-14(2)25-20(24-13)27-21(29-9-7-15(8-10-29)19(23)30)28-22(33)26-17-12-16(31-3)5-6-18(17)32-4/h5-6,11-12,15H,7-10H2,1-4H3,(H2,23,30)(H2,24,25,26,27,28,33). The number of carbonyl (C=O) groups excluding carboxylic acids is 1. The molecule has 4 N–H and O–H groups in total. The normalized spacial score (nSPS) is 14.5. The van der Waals surface area contributed by atoms with E-state index in [0.717, 1.165) is 11.4 Å². The highest BCUT2D eigenvalue weighted by molar-refractivity contribution is 7.80. The summed E-state index contributed by atoms with van der Waals surface area (Å²) < 4.78 is 10.7. The molecule has 1 fully saturated rings. The first-order chi connectivity index (χ1) is 15.8. The first-order valence-corrected chi connectivity index (χ1v) is 10.9. The van der Waals surface area contributed by atoms with Gasteiger partial charge in [0.25, 0.3) is 0 Å². The van der Waals surface area contributed by atoms with E-state index in [1.54, 1.807) is 32.4 Å². The van der Waals surface area contributed by atoms with E-state index in [1.165, 1.54) is 0 Å². The summed E-state index contributed by atoms with van der Waals surface area (Å²) in [6, 6.07) is 7.25. The van der Waals surface area contributed by atoms with Gasteiger partial charge < -0.3 is 25.4 Å². The number of nitrogens with two attached hydrogens (primary N) is 1. The summed E-state index contributed by atoms with van der Waals surface area (Å²) in [7, 11) is 3.16. The number of aromatic nitrogens is 2. The maximum absolute atomic E-state index is 11.6. The first-order valence-electron chi connectivity index (χ1n) is 10.5. The molecule has 0 saturated carbocycles. The van der Waals surface area contributed by atoms with Gasteiger partial charge in [-0.05, 0) is 57.1 Å². The number of piperidine rings is 1. The van der Waals surface area contributed by atoms with Crippen LogP contribution in [0.1, 0.15) is 24.2 Å². The number of likely N-dealkylation sites (tertiary alicyclic amines) is 1. The van der Waals surface area contributed by atoms with Crippen LogP contribution in [0.25, 0.3) is 0 Å². The molecule has 0 aliphatic carbocycles. The Kier molecular flexibility index (Phi) is 7.99. The summed E-state index contributed by atoms with van der Waals surface area (Å²) >= 11 is 5.52. The molecule has 1 aliphatic rings. The van der Waals surface area contributed by atoms with E-state index < -0.39 is 0 Å². The van der Waals surface area contributed by atoms with Gasteiger partial charge in [-0.2, -0.15) is 4.99 Å². The zero-order valence-electron chi connectivity index (χ0n) is 19.2. The van der Waals surface area contributed by atoms with Crippen molar-refractivity contribution in [2.75, 3.05) is 37.9 Å². The van der Waals surface area contributed by atoms with Crippen molar-refractivity contribution in [1.29, 1.82) is 0 Å². The molecule has 10 nitrogen and oxygen atoms in total. The van der Waals surface area contributed by atoms with Gasteiger partial charge in [-0.3, -0.25) is 10.1 Å². The number of anilines is 2. The van der Waals surface area contributed by atoms with Crippen molar-refractivity contribution in [3.63, 3.8) is 0 Å². The SMILES string of the molecule is COc1ccc(OC)c(NC(=S)/N=C(/Nc2nc(C)cc(C)n2)N2CCC(C(N)=O)CC2)c1. The van der Waals surface area contributed by atoms with Gasteiger partial charge >= 0.3 is 0 Å². The van der Waals surface area contributed by atoms with Crippen molar-refractivity contribution in [2.24, 2.45) is 16.6 Å². The summed E-state index contributed by atoms with van der Waals surface area (Å²) in [5, 5.41) is 6.51. The quantitative estimate of drug-likeness (QED) is 0.342. The third kappa shape index (κ3) is 6.51. The second-order valence-electron chi connectivity index (χ2n) is 7.69.